The first-order chi connectivity index (χ1) is 3.83. The van der Waals surface area contributed by atoms with Gasteiger partial charge in [0.05, 0.1) is 5.60 Å². The van der Waals surface area contributed by atoms with Gasteiger partial charge in [0.15, 0.2) is 0 Å². The molecule has 1 heteroatoms. The minimum atomic E-state index is 0.106. The van der Waals surface area contributed by atoms with E-state index < -0.39 is 0 Å². The Morgan fingerprint density at radius 2 is 2.38 bits per heavy atom. The van der Waals surface area contributed by atoms with E-state index in [4.69, 9.17) is 4.74 Å². The van der Waals surface area contributed by atoms with Crippen molar-refractivity contribution >= 4 is 0 Å². The summed E-state index contributed by atoms with van der Waals surface area (Å²) in [5, 5.41) is 0. The van der Waals surface area contributed by atoms with Crippen molar-refractivity contribution in [2.45, 2.75) is 25.4 Å². The molecule has 0 bridgehead atoms. The average molecular weight is 112 g/mol. The second kappa shape index (κ2) is 1.90. The Balaban J connectivity index is 2.30. The summed E-state index contributed by atoms with van der Waals surface area (Å²) < 4.78 is 5.37. The summed E-state index contributed by atoms with van der Waals surface area (Å²) in [7, 11) is 0. The Hall–Kier alpha value is -0.300. The molecule has 0 N–H and O–H groups in total. The van der Waals surface area contributed by atoms with Crippen LogP contribution >= 0.6 is 0 Å². The van der Waals surface area contributed by atoms with Crippen molar-refractivity contribution in [1.29, 1.82) is 0 Å². The molecule has 0 aromatic carbocycles. The fourth-order valence-corrected chi connectivity index (χ4v) is 0.818. The molecule has 46 valence electrons. The van der Waals surface area contributed by atoms with Gasteiger partial charge in [-0.15, -0.1) is 6.58 Å². The van der Waals surface area contributed by atoms with Crippen LogP contribution in [-0.4, -0.2) is 12.2 Å². The van der Waals surface area contributed by atoms with Crippen LogP contribution in [0.25, 0.3) is 0 Å². The normalized spacial score (nSPS) is 22.6. The van der Waals surface area contributed by atoms with E-state index in [-0.39, 0.29) is 5.60 Å². The monoisotopic (exact) mass is 112 g/mol. The maximum Gasteiger partial charge on any atom is 0.0862 e. The second-order valence-electron chi connectivity index (χ2n) is 2.20. The van der Waals surface area contributed by atoms with Crippen molar-refractivity contribution < 1.29 is 4.74 Å². The zero-order chi connectivity index (χ0) is 6.04. The second-order valence-corrected chi connectivity index (χ2v) is 2.20. The maximum absolute atomic E-state index is 5.37. The van der Waals surface area contributed by atoms with Gasteiger partial charge < -0.3 is 4.74 Å². The predicted octanol–water partition coefficient (Wildman–Crippen LogP) is 1.74. The summed E-state index contributed by atoms with van der Waals surface area (Å²) in [6.07, 6.45) is 4.26. The van der Waals surface area contributed by atoms with Crippen LogP contribution in [0.4, 0.5) is 0 Å². The van der Waals surface area contributed by atoms with E-state index >= 15 is 0 Å². The van der Waals surface area contributed by atoms with Crippen molar-refractivity contribution in [2.24, 2.45) is 0 Å². The molecule has 1 nitrogen and oxygen atoms in total. The zero-order valence-electron chi connectivity index (χ0n) is 5.31. The summed E-state index contributed by atoms with van der Waals surface area (Å²) in [6.45, 7) is 6.52. The summed E-state index contributed by atoms with van der Waals surface area (Å²) in [4.78, 5) is 0. The van der Waals surface area contributed by atoms with Crippen molar-refractivity contribution in [3.63, 3.8) is 0 Å². The number of rotatable bonds is 3. The highest BCUT2D eigenvalue weighted by atomic mass is 16.5. The molecule has 1 fully saturated rings. The Morgan fingerprint density at radius 1 is 1.75 bits per heavy atom. The molecule has 0 amide bonds. The van der Waals surface area contributed by atoms with Crippen molar-refractivity contribution in [2.75, 3.05) is 6.61 Å². The SMILES string of the molecule is C=CC1(OCC)CC1. The van der Waals surface area contributed by atoms with Gasteiger partial charge in [0.25, 0.3) is 0 Å². The summed E-state index contributed by atoms with van der Waals surface area (Å²) in [5.74, 6) is 0. The van der Waals surface area contributed by atoms with E-state index in [2.05, 4.69) is 6.58 Å². The minimum absolute atomic E-state index is 0.106. The van der Waals surface area contributed by atoms with E-state index in [1.165, 1.54) is 12.8 Å². The first kappa shape index (κ1) is 5.83. The predicted molar refractivity (Wildman–Crippen MR) is 33.8 cm³/mol. The summed E-state index contributed by atoms with van der Waals surface area (Å²) in [6, 6.07) is 0. The van der Waals surface area contributed by atoms with Gasteiger partial charge in [-0.2, -0.15) is 0 Å². The smallest absolute Gasteiger partial charge is 0.0862 e. The van der Waals surface area contributed by atoms with Gasteiger partial charge in [-0.3, -0.25) is 0 Å². The fraction of sp³-hybridized carbons (Fsp3) is 0.714. The lowest BCUT2D eigenvalue weighted by atomic mass is 10.3. The highest BCUT2D eigenvalue weighted by Gasteiger charge is 2.40. The molecule has 1 rings (SSSR count). The van der Waals surface area contributed by atoms with Gasteiger partial charge in [-0.25, -0.2) is 0 Å². The van der Waals surface area contributed by atoms with Crippen molar-refractivity contribution in [3.8, 4) is 0 Å². The standard InChI is InChI=1S/C7H12O/c1-3-7(5-6-7)8-4-2/h3H,1,4-6H2,2H3. The van der Waals surface area contributed by atoms with Crippen LogP contribution in [0.15, 0.2) is 12.7 Å². The van der Waals surface area contributed by atoms with Crippen LogP contribution in [0, 0.1) is 0 Å². The van der Waals surface area contributed by atoms with Crippen LogP contribution in [0.2, 0.25) is 0 Å². The molecule has 0 saturated heterocycles. The van der Waals surface area contributed by atoms with E-state index in [9.17, 15) is 0 Å². The summed E-state index contributed by atoms with van der Waals surface area (Å²) >= 11 is 0. The van der Waals surface area contributed by atoms with E-state index in [0.29, 0.717) is 0 Å². The zero-order valence-corrected chi connectivity index (χ0v) is 5.31. The lowest BCUT2D eigenvalue weighted by Gasteiger charge is -2.07. The molecular weight excluding hydrogens is 100 g/mol. The molecule has 0 aromatic heterocycles. The lowest BCUT2D eigenvalue weighted by Crippen LogP contribution is -2.08. The third kappa shape index (κ3) is 0.920. The molecule has 0 heterocycles. The Labute approximate surface area is 50.3 Å². The first-order valence-electron chi connectivity index (χ1n) is 3.10. The van der Waals surface area contributed by atoms with Gasteiger partial charge >= 0.3 is 0 Å². The number of hydrogen-bond donors (Lipinski definition) is 0. The van der Waals surface area contributed by atoms with Gasteiger partial charge in [0.1, 0.15) is 0 Å². The van der Waals surface area contributed by atoms with Gasteiger partial charge in [-0.1, -0.05) is 6.08 Å². The highest BCUT2D eigenvalue weighted by Crippen LogP contribution is 2.40. The third-order valence-corrected chi connectivity index (χ3v) is 1.55. The molecule has 0 atom stereocenters. The van der Waals surface area contributed by atoms with Gasteiger partial charge in [0, 0.05) is 6.61 Å². The molecule has 8 heavy (non-hydrogen) atoms. The molecule has 0 spiro atoms. The molecular formula is C7H12O. The van der Waals surface area contributed by atoms with Crippen LogP contribution in [-0.2, 0) is 4.74 Å². The van der Waals surface area contributed by atoms with Crippen molar-refractivity contribution in [1.82, 2.24) is 0 Å². The van der Waals surface area contributed by atoms with Crippen LogP contribution in [0.5, 0.6) is 0 Å². The van der Waals surface area contributed by atoms with Crippen LogP contribution < -0.4 is 0 Å². The Bertz CT molecular complexity index is 92.6. The molecule has 1 aliphatic carbocycles. The third-order valence-electron chi connectivity index (χ3n) is 1.55. The minimum Gasteiger partial charge on any atom is -0.371 e. The van der Waals surface area contributed by atoms with Crippen LogP contribution in [0.3, 0.4) is 0 Å². The lowest BCUT2D eigenvalue weighted by molar-refractivity contribution is 0.0780. The Morgan fingerprint density at radius 3 is 2.50 bits per heavy atom. The summed E-state index contributed by atoms with van der Waals surface area (Å²) in [5.41, 5.74) is 0.106. The quantitative estimate of drug-likeness (QED) is 0.505. The molecule has 1 saturated carbocycles. The number of ether oxygens (including phenoxy) is 1. The molecule has 0 aromatic rings. The molecule has 1 aliphatic rings. The fourth-order valence-electron chi connectivity index (χ4n) is 0.818. The largest absolute Gasteiger partial charge is 0.371 e. The molecule has 0 unspecified atom stereocenters. The van der Waals surface area contributed by atoms with Crippen molar-refractivity contribution in [3.05, 3.63) is 12.7 Å². The van der Waals surface area contributed by atoms with Gasteiger partial charge in [0.2, 0.25) is 0 Å². The maximum atomic E-state index is 5.37. The van der Waals surface area contributed by atoms with Gasteiger partial charge in [-0.05, 0) is 19.8 Å². The number of hydrogen-bond acceptors (Lipinski definition) is 1. The highest BCUT2D eigenvalue weighted by molar-refractivity contribution is 5.09. The molecule has 0 radical (unpaired) electrons. The molecule has 0 aliphatic heterocycles. The van der Waals surface area contributed by atoms with Crippen LogP contribution in [0.1, 0.15) is 19.8 Å². The Kier molecular flexibility index (Phi) is 1.39. The van der Waals surface area contributed by atoms with E-state index in [1.807, 2.05) is 13.0 Å². The first-order valence-corrected chi connectivity index (χ1v) is 3.10. The topological polar surface area (TPSA) is 9.23 Å². The average Bonchev–Trinajstić information content (AvgIpc) is 2.50. The van der Waals surface area contributed by atoms with E-state index in [0.717, 1.165) is 6.61 Å². The van der Waals surface area contributed by atoms with E-state index in [1.54, 1.807) is 0 Å².